The van der Waals surface area contributed by atoms with Gasteiger partial charge in [-0.3, -0.25) is 9.69 Å². The Morgan fingerprint density at radius 2 is 2.46 bits per heavy atom. The molecule has 1 rings (SSSR count). The first-order chi connectivity index (χ1) is 6.25. The van der Waals surface area contributed by atoms with Gasteiger partial charge in [0.25, 0.3) is 0 Å². The number of rotatable bonds is 4. The van der Waals surface area contributed by atoms with Gasteiger partial charge in [0.05, 0.1) is 5.75 Å². The van der Waals surface area contributed by atoms with Crippen LogP contribution in [0.2, 0.25) is 0 Å². The molecule has 0 spiro atoms. The Morgan fingerprint density at radius 3 is 3.00 bits per heavy atom. The molecule has 0 atom stereocenters. The third-order valence-electron chi connectivity index (χ3n) is 1.65. The zero-order valence-corrected chi connectivity index (χ0v) is 8.10. The first-order valence-electron chi connectivity index (χ1n) is 4.11. The Bertz CT molecular complexity index is 210. The molecule has 0 bridgehead atoms. The molecule has 1 fully saturated rings. The molecule has 1 aliphatic rings. The average molecular weight is 203 g/mol. The lowest BCUT2D eigenvalue weighted by Crippen LogP contribution is -2.35. The van der Waals surface area contributed by atoms with Gasteiger partial charge in [-0.1, -0.05) is 0 Å². The van der Waals surface area contributed by atoms with Crippen LogP contribution in [0.1, 0.15) is 0 Å². The number of amides is 3. The summed E-state index contributed by atoms with van der Waals surface area (Å²) in [5.74, 6) is 0.958. The van der Waals surface area contributed by atoms with Gasteiger partial charge in [-0.05, 0) is 0 Å². The van der Waals surface area contributed by atoms with Crippen LogP contribution >= 0.6 is 11.8 Å². The molecule has 1 heterocycles. The van der Waals surface area contributed by atoms with Gasteiger partial charge in [0.15, 0.2) is 0 Å². The number of carbonyl (C=O) groups is 2. The molecule has 0 aromatic heterocycles. The van der Waals surface area contributed by atoms with Crippen molar-refractivity contribution in [2.24, 2.45) is 5.73 Å². The predicted molar refractivity (Wildman–Crippen MR) is 51.5 cm³/mol. The summed E-state index contributed by atoms with van der Waals surface area (Å²) < 4.78 is 0. The van der Waals surface area contributed by atoms with E-state index in [1.807, 2.05) is 0 Å². The highest BCUT2D eigenvalue weighted by atomic mass is 32.2. The largest absolute Gasteiger partial charge is 0.336 e. The summed E-state index contributed by atoms with van der Waals surface area (Å²) in [6.45, 7) is 1.61. The predicted octanol–water partition coefficient (Wildman–Crippen LogP) is -0.770. The number of thioether (sulfide) groups is 1. The highest BCUT2D eigenvalue weighted by Crippen LogP contribution is 2.04. The number of hydrogen-bond donors (Lipinski definition) is 2. The van der Waals surface area contributed by atoms with Gasteiger partial charge in [0, 0.05) is 25.4 Å². The van der Waals surface area contributed by atoms with E-state index in [2.05, 4.69) is 5.32 Å². The van der Waals surface area contributed by atoms with E-state index in [0.717, 1.165) is 5.75 Å². The maximum absolute atomic E-state index is 11.3. The molecule has 3 N–H and O–H groups in total. The minimum Gasteiger partial charge on any atom is -0.336 e. The van der Waals surface area contributed by atoms with Crippen molar-refractivity contribution in [2.45, 2.75) is 0 Å². The molecular formula is C7H13N3O2S. The van der Waals surface area contributed by atoms with Crippen molar-refractivity contribution in [3.8, 4) is 0 Å². The van der Waals surface area contributed by atoms with Crippen molar-refractivity contribution >= 4 is 23.7 Å². The number of nitrogens with zero attached hydrogens (tertiary/aromatic N) is 1. The number of urea groups is 1. The molecule has 0 radical (unpaired) electrons. The Labute approximate surface area is 81.0 Å². The molecule has 0 saturated carbocycles. The molecule has 0 aliphatic carbocycles. The van der Waals surface area contributed by atoms with Gasteiger partial charge >= 0.3 is 6.03 Å². The highest BCUT2D eigenvalue weighted by Gasteiger charge is 2.25. The third kappa shape index (κ3) is 2.89. The lowest BCUT2D eigenvalue weighted by atomic mass is 10.5. The van der Waals surface area contributed by atoms with Crippen molar-refractivity contribution in [2.75, 3.05) is 31.1 Å². The van der Waals surface area contributed by atoms with Crippen LogP contribution in [0.4, 0.5) is 4.79 Å². The van der Waals surface area contributed by atoms with Crippen LogP contribution in [0.15, 0.2) is 0 Å². The van der Waals surface area contributed by atoms with Crippen molar-refractivity contribution in [3.05, 3.63) is 0 Å². The zero-order chi connectivity index (χ0) is 9.68. The number of hydrogen-bond acceptors (Lipinski definition) is 4. The van der Waals surface area contributed by atoms with Crippen molar-refractivity contribution in [1.82, 2.24) is 10.2 Å². The van der Waals surface area contributed by atoms with Gasteiger partial charge in [-0.2, -0.15) is 11.8 Å². The number of nitrogens with one attached hydrogen (secondary N) is 1. The van der Waals surface area contributed by atoms with E-state index in [0.29, 0.717) is 25.4 Å². The van der Waals surface area contributed by atoms with Crippen molar-refractivity contribution < 1.29 is 9.59 Å². The smallest absolute Gasteiger partial charge is 0.324 e. The van der Waals surface area contributed by atoms with Crippen LogP contribution < -0.4 is 11.1 Å². The summed E-state index contributed by atoms with van der Waals surface area (Å²) in [6.07, 6.45) is 0. The van der Waals surface area contributed by atoms with Gasteiger partial charge in [-0.25, -0.2) is 4.79 Å². The number of carbonyl (C=O) groups excluding carboxylic acids is 2. The van der Waals surface area contributed by atoms with Crippen LogP contribution in [-0.4, -0.2) is 48.0 Å². The Kier molecular flexibility index (Phi) is 4.04. The highest BCUT2D eigenvalue weighted by molar-refractivity contribution is 7.99. The summed E-state index contributed by atoms with van der Waals surface area (Å²) in [7, 11) is 0. The summed E-state index contributed by atoms with van der Waals surface area (Å²) in [5, 5.41) is 2.57. The number of nitrogens with two attached hydrogens (primary N) is 1. The Hall–Kier alpha value is -0.750. The van der Waals surface area contributed by atoms with Crippen LogP contribution in [0, 0.1) is 0 Å². The van der Waals surface area contributed by atoms with E-state index in [9.17, 15) is 9.59 Å². The van der Waals surface area contributed by atoms with Crippen molar-refractivity contribution in [1.29, 1.82) is 0 Å². The van der Waals surface area contributed by atoms with E-state index < -0.39 is 0 Å². The fraction of sp³-hybridized carbons (Fsp3) is 0.714. The lowest BCUT2D eigenvalue weighted by Gasteiger charge is -2.10. The first-order valence-corrected chi connectivity index (χ1v) is 5.27. The fourth-order valence-corrected chi connectivity index (χ4v) is 1.67. The molecule has 5 nitrogen and oxygen atoms in total. The molecule has 13 heavy (non-hydrogen) atoms. The van der Waals surface area contributed by atoms with Gasteiger partial charge < -0.3 is 11.1 Å². The van der Waals surface area contributed by atoms with Crippen LogP contribution in [0.3, 0.4) is 0 Å². The minimum atomic E-state index is -0.279. The molecule has 74 valence electrons. The maximum Gasteiger partial charge on any atom is 0.324 e. The maximum atomic E-state index is 11.3. The molecule has 1 saturated heterocycles. The monoisotopic (exact) mass is 203 g/mol. The van der Waals surface area contributed by atoms with Crippen LogP contribution in [0.5, 0.6) is 0 Å². The van der Waals surface area contributed by atoms with E-state index in [4.69, 9.17) is 5.73 Å². The average Bonchev–Trinajstić information content (AvgIpc) is 2.52. The SMILES string of the molecule is NCCSCC(=O)N1CCNC1=O. The second-order valence-electron chi connectivity index (χ2n) is 2.62. The van der Waals surface area contributed by atoms with E-state index >= 15 is 0 Å². The molecule has 6 heteroatoms. The normalized spacial score (nSPS) is 16.1. The van der Waals surface area contributed by atoms with Gasteiger partial charge in [0.1, 0.15) is 0 Å². The van der Waals surface area contributed by atoms with Crippen LogP contribution in [0.25, 0.3) is 0 Å². The van der Waals surface area contributed by atoms with Crippen LogP contribution in [-0.2, 0) is 4.79 Å². The molecule has 3 amide bonds. The summed E-state index contributed by atoms with van der Waals surface area (Å²) in [5.41, 5.74) is 5.27. The van der Waals surface area contributed by atoms with Gasteiger partial charge in [0.2, 0.25) is 5.91 Å². The molecule has 0 aromatic rings. The first kappa shape index (κ1) is 10.3. The van der Waals surface area contributed by atoms with Gasteiger partial charge in [-0.15, -0.1) is 0 Å². The van der Waals surface area contributed by atoms with E-state index in [1.54, 1.807) is 0 Å². The fourth-order valence-electron chi connectivity index (χ4n) is 1.03. The summed E-state index contributed by atoms with van der Waals surface area (Å²) in [6, 6.07) is -0.279. The summed E-state index contributed by atoms with van der Waals surface area (Å²) >= 11 is 1.45. The number of imide groups is 1. The molecular weight excluding hydrogens is 190 g/mol. The quantitative estimate of drug-likeness (QED) is 0.588. The van der Waals surface area contributed by atoms with E-state index in [1.165, 1.54) is 16.7 Å². The zero-order valence-electron chi connectivity index (χ0n) is 7.28. The molecule has 0 aromatic carbocycles. The molecule has 0 unspecified atom stereocenters. The van der Waals surface area contributed by atoms with Crippen molar-refractivity contribution in [3.63, 3.8) is 0 Å². The topological polar surface area (TPSA) is 75.4 Å². The second kappa shape index (κ2) is 5.08. The Morgan fingerprint density at radius 1 is 1.69 bits per heavy atom. The third-order valence-corrected chi connectivity index (χ3v) is 2.62. The second-order valence-corrected chi connectivity index (χ2v) is 3.72. The lowest BCUT2D eigenvalue weighted by molar-refractivity contribution is -0.124. The Balaban J connectivity index is 2.26. The minimum absolute atomic E-state index is 0.131. The van der Waals surface area contributed by atoms with E-state index in [-0.39, 0.29) is 11.9 Å². The molecule has 1 aliphatic heterocycles. The summed E-state index contributed by atoms with van der Waals surface area (Å²) in [4.78, 5) is 23.6. The standard InChI is InChI=1S/C7H13N3O2S/c8-1-4-13-5-6(11)10-3-2-9-7(10)12/h1-5,8H2,(H,9,12).